The third kappa shape index (κ3) is 5.05. The molecule has 2 aliphatic carbocycles. The van der Waals surface area contributed by atoms with Crippen LogP contribution in [0.5, 0.6) is 0 Å². The summed E-state index contributed by atoms with van der Waals surface area (Å²) in [6, 6.07) is 10.6. The van der Waals surface area contributed by atoms with Crippen molar-refractivity contribution < 1.29 is 14.6 Å². The molecule has 1 amide bonds. The number of benzene rings is 1. The number of amides is 1. The maximum atomic E-state index is 12.2. The van der Waals surface area contributed by atoms with Gasteiger partial charge in [-0.1, -0.05) is 30.3 Å². The highest BCUT2D eigenvalue weighted by molar-refractivity contribution is 5.79. The van der Waals surface area contributed by atoms with Gasteiger partial charge in [0.25, 0.3) is 0 Å². The molecule has 1 aromatic carbocycles. The first-order valence-corrected chi connectivity index (χ1v) is 8.86. The molecule has 2 aliphatic rings. The molecule has 2 atom stereocenters. The summed E-state index contributed by atoms with van der Waals surface area (Å²) in [4.78, 5) is 12.2. The van der Waals surface area contributed by atoms with Crippen LogP contribution in [0.1, 0.15) is 44.1 Å². The van der Waals surface area contributed by atoms with Crippen molar-refractivity contribution in [1.29, 1.82) is 0 Å². The van der Waals surface area contributed by atoms with E-state index in [1.54, 1.807) is 0 Å². The number of ether oxygens (including phenoxy) is 1. The second-order valence-corrected chi connectivity index (χ2v) is 6.85. The lowest BCUT2D eigenvalue weighted by Crippen LogP contribution is -2.36. The normalized spacial score (nSPS) is 30.0. The highest BCUT2D eigenvalue weighted by Gasteiger charge is 2.40. The standard InChI is InChI=1S/C19H27NO3/c21-16-10-8-15(9-11-16)19(22)20-17-13-18(17)23-12-4-7-14-5-2-1-3-6-14/h1-3,5-6,15-18,21H,4,7-13H2,(H,20,22)/t15?,16?,17-,18?/m1/s1. The fraction of sp³-hybridized carbons (Fsp3) is 0.632. The van der Waals surface area contributed by atoms with Crippen molar-refractivity contribution in [3.8, 4) is 0 Å². The van der Waals surface area contributed by atoms with E-state index < -0.39 is 0 Å². The summed E-state index contributed by atoms with van der Waals surface area (Å²) in [5.41, 5.74) is 1.34. The number of hydrogen-bond acceptors (Lipinski definition) is 3. The highest BCUT2D eigenvalue weighted by atomic mass is 16.5. The van der Waals surface area contributed by atoms with Crippen molar-refractivity contribution in [2.75, 3.05) is 6.61 Å². The summed E-state index contributed by atoms with van der Waals surface area (Å²) in [5.74, 6) is 0.231. The van der Waals surface area contributed by atoms with Gasteiger partial charge >= 0.3 is 0 Å². The van der Waals surface area contributed by atoms with Crippen molar-refractivity contribution in [2.24, 2.45) is 5.92 Å². The number of carbonyl (C=O) groups excluding carboxylic acids is 1. The van der Waals surface area contributed by atoms with Gasteiger partial charge in [0, 0.05) is 12.5 Å². The number of rotatable bonds is 7. The number of nitrogens with one attached hydrogen (secondary N) is 1. The molecule has 4 nitrogen and oxygen atoms in total. The van der Waals surface area contributed by atoms with Crippen LogP contribution in [-0.2, 0) is 16.0 Å². The van der Waals surface area contributed by atoms with E-state index in [0.29, 0.717) is 0 Å². The molecule has 4 heteroatoms. The molecule has 0 heterocycles. The van der Waals surface area contributed by atoms with E-state index in [2.05, 4.69) is 29.6 Å². The van der Waals surface area contributed by atoms with E-state index in [1.165, 1.54) is 5.56 Å². The Morgan fingerprint density at radius 3 is 2.65 bits per heavy atom. The number of hydrogen-bond donors (Lipinski definition) is 2. The van der Waals surface area contributed by atoms with Gasteiger partial charge in [0.15, 0.2) is 0 Å². The zero-order chi connectivity index (χ0) is 16.1. The SMILES string of the molecule is O=C(N[C@@H]1CC1OCCCc1ccccc1)C1CCC(O)CC1. The lowest BCUT2D eigenvalue weighted by Gasteiger charge is -2.24. The van der Waals surface area contributed by atoms with Crippen LogP contribution in [0.4, 0.5) is 0 Å². The number of carbonyl (C=O) groups is 1. The maximum absolute atomic E-state index is 12.2. The van der Waals surface area contributed by atoms with Gasteiger partial charge in [0.05, 0.1) is 18.2 Å². The number of aryl methyl sites for hydroxylation is 1. The fourth-order valence-corrected chi connectivity index (χ4v) is 3.30. The van der Waals surface area contributed by atoms with Gasteiger partial charge in [-0.25, -0.2) is 0 Å². The summed E-state index contributed by atoms with van der Waals surface area (Å²) in [7, 11) is 0. The Morgan fingerprint density at radius 1 is 1.17 bits per heavy atom. The van der Waals surface area contributed by atoms with Crippen molar-refractivity contribution >= 4 is 5.91 Å². The number of aliphatic hydroxyl groups excluding tert-OH is 1. The molecule has 126 valence electrons. The zero-order valence-electron chi connectivity index (χ0n) is 13.6. The third-order valence-electron chi connectivity index (χ3n) is 4.91. The molecule has 1 aromatic rings. The third-order valence-corrected chi connectivity index (χ3v) is 4.91. The molecule has 0 radical (unpaired) electrons. The molecule has 2 fully saturated rings. The fourth-order valence-electron chi connectivity index (χ4n) is 3.30. The quantitative estimate of drug-likeness (QED) is 0.760. The minimum absolute atomic E-state index is 0.0812. The van der Waals surface area contributed by atoms with Crippen LogP contribution in [0, 0.1) is 5.92 Å². The maximum Gasteiger partial charge on any atom is 0.223 e. The summed E-state index contributed by atoms with van der Waals surface area (Å²) < 4.78 is 5.84. The summed E-state index contributed by atoms with van der Waals surface area (Å²) >= 11 is 0. The van der Waals surface area contributed by atoms with Crippen molar-refractivity contribution in [2.45, 2.75) is 63.2 Å². The van der Waals surface area contributed by atoms with Gasteiger partial charge in [0.2, 0.25) is 5.91 Å². The zero-order valence-corrected chi connectivity index (χ0v) is 13.6. The van der Waals surface area contributed by atoms with E-state index in [-0.39, 0.29) is 30.1 Å². The lowest BCUT2D eigenvalue weighted by atomic mass is 9.87. The van der Waals surface area contributed by atoms with Crippen LogP contribution in [0.25, 0.3) is 0 Å². The first kappa shape index (κ1) is 16.5. The Morgan fingerprint density at radius 2 is 1.91 bits per heavy atom. The minimum Gasteiger partial charge on any atom is -0.393 e. The van der Waals surface area contributed by atoms with Crippen LogP contribution >= 0.6 is 0 Å². The summed E-state index contributed by atoms with van der Waals surface area (Å²) in [6.45, 7) is 0.752. The molecule has 1 unspecified atom stereocenters. The highest BCUT2D eigenvalue weighted by Crippen LogP contribution is 2.29. The van der Waals surface area contributed by atoms with Crippen LogP contribution in [-0.4, -0.2) is 35.9 Å². The van der Waals surface area contributed by atoms with Crippen LogP contribution < -0.4 is 5.32 Å². The average molecular weight is 317 g/mol. The van der Waals surface area contributed by atoms with Gasteiger partial charge in [0.1, 0.15) is 0 Å². The molecule has 3 rings (SSSR count). The van der Waals surface area contributed by atoms with Crippen molar-refractivity contribution in [3.05, 3.63) is 35.9 Å². The Balaban J connectivity index is 1.27. The Labute approximate surface area is 138 Å². The van der Waals surface area contributed by atoms with E-state index in [9.17, 15) is 9.90 Å². The second-order valence-electron chi connectivity index (χ2n) is 6.85. The molecule has 0 bridgehead atoms. The van der Waals surface area contributed by atoms with Gasteiger partial charge in [-0.05, 0) is 50.5 Å². The molecule has 0 spiro atoms. The average Bonchev–Trinajstić information content (AvgIpc) is 3.31. The molecule has 2 N–H and O–H groups in total. The van der Waals surface area contributed by atoms with Crippen LogP contribution in [0.3, 0.4) is 0 Å². The Bertz CT molecular complexity index is 497. The first-order chi connectivity index (χ1) is 11.2. The topological polar surface area (TPSA) is 58.6 Å². The summed E-state index contributed by atoms with van der Waals surface area (Å²) in [6.07, 6.45) is 6.10. The molecule has 23 heavy (non-hydrogen) atoms. The van der Waals surface area contributed by atoms with Gasteiger partial charge in [-0.2, -0.15) is 0 Å². The predicted molar refractivity (Wildman–Crippen MR) is 89.0 cm³/mol. The van der Waals surface area contributed by atoms with Crippen LogP contribution in [0.2, 0.25) is 0 Å². The van der Waals surface area contributed by atoms with Gasteiger partial charge in [-0.3, -0.25) is 4.79 Å². The Hall–Kier alpha value is -1.39. The lowest BCUT2D eigenvalue weighted by molar-refractivity contribution is -0.126. The van der Waals surface area contributed by atoms with E-state index in [4.69, 9.17) is 4.74 Å². The van der Waals surface area contributed by atoms with E-state index >= 15 is 0 Å². The van der Waals surface area contributed by atoms with Gasteiger partial charge in [-0.15, -0.1) is 0 Å². The Kier molecular flexibility index (Phi) is 5.68. The second kappa shape index (κ2) is 7.93. The van der Waals surface area contributed by atoms with Crippen molar-refractivity contribution in [1.82, 2.24) is 5.32 Å². The van der Waals surface area contributed by atoms with E-state index in [0.717, 1.165) is 51.6 Å². The first-order valence-electron chi connectivity index (χ1n) is 8.86. The molecule has 2 saturated carbocycles. The smallest absolute Gasteiger partial charge is 0.223 e. The molecule has 0 aromatic heterocycles. The molecular formula is C19H27NO3. The number of aliphatic hydroxyl groups is 1. The minimum atomic E-state index is -0.208. The molecular weight excluding hydrogens is 290 g/mol. The van der Waals surface area contributed by atoms with Crippen molar-refractivity contribution in [3.63, 3.8) is 0 Å². The largest absolute Gasteiger partial charge is 0.393 e. The monoisotopic (exact) mass is 317 g/mol. The van der Waals surface area contributed by atoms with E-state index in [1.807, 2.05) is 6.07 Å². The molecule has 0 aliphatic heterocycles. The molecule has 0 saturated heterocycles. The van der Waals surface area contributed by atoms with Gasteiger partial charge < -0.3 is 15.2 Å². The predicted octanol–water partition coefficient (Wildman–Crippen LogP) is 2.44. The summed E-state index contributed by atoms with van der Waals surface area (Å²) in [5, 5.41) is 12.6. The van der Waals surface area contributed by atoms with Crippen LogP contribution in [0.15, 0.2) is 30.3 Å².